The third-order valence-corrected chi connectivity index (χ3v) is 3.57. The maximum Gasteiger partial charge on any atom is 0.235 e. The molecule has 0 saturated heterocycles. The van der Waals surface area contributed by atoms with Crippen LogP contribution in [0.4, 0.5) is 0 Å². The van der Waals surface area contributed by atoms with Gasteiger partial charge < -0.3 is 0 Å². The first-order valence-corrected chi connectivity index (χ1v) is 6.69. The summed E-state index contributed by atoms with van der Waals surface area (Å²) in [6.07, 6.45) is 2.00. The second-order valence-electron chi connectivity index (χ2n) is 4.59. The van der Waals surface area contributed by atoms with Crippen LogP contribution >= 0.6 is 11.6 Å². The van der Waals surface area contributed by atoms with Crippen LogP contribution < -0.4 is 0 Å². The molecule has 0 atom stereocenters. The minimum absolute atomic E-state index is 0.707. The Morgan fingerprint density at radius 1 is 0.850 bits per heavy atom. The fourth-order valence-corrected chi connectivity index (χ4v) is 2.46. The zero-order valence-corrected chi connectivity index (χ0v) is 11.2. The predicted octanol–water partition coefficient (Wildman–Crippen LogP) is 4.20. The van der Waals surface area contributed by atoms with Gasteiger partial charge in [0.05, 0.1) is 16.7 Å². The first-order valence-electron chi connectivity index (χ1n) is 6.31. The normalized spacial score (nSPS) is 11.2. The summed E-state index contributed by atoms with van der Waals surface area (Å²) >= 11 is 5.91. The van der Waals surface area contributed by atoms with E-state index in [4.69, 9.17) is 11.6 Å². The molecule has 0 spiro atoms. The Morgan fingerprint density at radius 2 is 1.65 bits per heavy atom. The van der Waals surface area contributed by atoms with E-state index in [1.165, 1.54) is 0 Å². The second kappa shape index (κ2) is 4.32. The summed E-state index contributed by atoms with van der Waals surface area (Å²) in [6, 6.07) is 17.7. The number of benzene rings is 2. The number of hydrogen-bond acceptors (Lipinski definition) is 2. The molecular weight excluding hydrogens is 270 g/mol. The average molecular weight is 280 g/mol. The van der Waals surface area contributed by atoms with Gasteiger partial charge in [-0.05, 0) is 30.3 Å². The van der Waals surface area contributed by atoms with Crippen LogP contribution in [0.3, 0.4) is 0 Å². The molecule has 20 heavy (non-hydrogen) atoms. The summed E-state index contributed by atoms with van der Waals surface area (Å²) in [5.41, 5.74) is 3.94. The third kappa shape index (κ3) is 1.75. The largest absolute Gasteiger partial charge is 0.284 e. The van der Waals surface area contributed by atoms with Gasteiger partial charge in [0, 0.05) is 16.8 Å². The molecule has 0 saturated carbocycles. The Bertz CT molecular complexity index is 910. The highest BCUT2D eigenvalue weighted by molar-refractivity contribution is 6.30. The van der Waals surface area contributed by atoms with E-state index >= 15 is 0 Å². The van der Waals surface area contributed by atoms with E-state index in [2.05, 4.69) is 9.97 Å². The fraction of sp³-hybridized carbons (Fsp3) is 0. The highest BCUT2D eigenvalue weighted by Gasteiger charge is 2.06. The maximum atomic E-state index is 5.91. The number of fused-ring (bicyclic) bond motifs is 3. The molecule has 0 bridgehead atoms. The van der Waals surface area contributed by atoms with Gasteiger partial charge >= 0.3 is 0 Å². The standard InChI is InChI=1S/C16H10ClN3/c17-12-7-5-11(6-8-12)13-9-10-20-15-4-2-1-3-14(15)19-16(20)18-13/h1-10H. The number of nitrogens with zero attached hydrogens (tertiary/aromatic N) is 3. The SMILES string of the molecule is Clc1ccc(-c2ccn3c(n2)nc2ccccc23)cc1. The maximum absolute atomic E-state index is 5.91. The van der Waals surface area contributed by atoms with Gasteiger partial charge in [-0.2, -0.15) is 0 Å². The Balaban J connectivity index is 1.94. The van der Waals surface area contributed by atoms with Crippen molar-refractivity contribution in [2.75, 3.05) is 0 Å². The van der Waals surface area contributed by atoms with Crippen LogP contribution in [0.25, 0.3) is 28.1 Å². The summed E-state index contributed by atoms with van der Waals surface area (Å²) in [5.74, 6) is 0.707. The lowest BCUT2D eigenvalue weighted by Gasteiger charge is -2.01. The lowest BCUT2D eigenvalue weighted by molar-refractivity contribution is 1.14. The summed E-state index contributed by atoms with van der Waals surface area (Å²) in [4.78, 5) is 9.17. The molecule has 2 aromatic heterocycles. The zero-order valence-electron chi connectivity index (χ0n) is 10.5. The zero-order chi connectivity index (χ0) is 13.5. The van der Waals surface area contributed by atoms with Gasteiger partial charge in [0.2, 0.25) is 5.78 Å². The molecule has 0 amide bonds. The fourth-order valence-electron chi connectivity index (χ4n) is 2.33. The molecular formula is C16H10ClN3. The van der Waals surface area contributed by atoms with E-state index < -0.39 is 0 Å². The number of rotatable bonds is 1. The molecule has 0 fully saturated rings. The van der Waals surface area contributed by atoms with Crippen molar-refractivity contribution >= 4 is 28.4 Å². The number of hydrogen-bond donors (Lipinski definition) is 0. The van der Waals surface area contributed by atoms with Crippen molar-refractivity contribution in [2.45, 2.75) is 0 Å². The molecule has 2 heterocycles. The molecule has 0 unspecified atom stereocenters. The van der Waals surface area contributed by atoms with Gasteiger partial charge in [-0.25, -0.2) is 9.97 Å². The molecule has 3 nitrogen and oxygen atoms in total. The topological polar surface area (TPSA) is 30.2 Å². The van der Waals surface area contributed by atoms with E-state index in [1.54, 1.807) is 0 Å². The van der Waals surface area contributed by atoms with Crippen LogP contribution in [0.5, 0.6) is 0 Å². The lowest BCUT2D eigenvalue weighted by atomic mass is 10.1. The highest BCUT2D eigenvalue weighted by atomic mass is 35.5. The van der Waals surface area contributed by atoms with Gasteiger partial charge in [0.15, 0.2) is 0 Å². The highest BCUT2D eigenvalue weighted by Crippen LogP contribution is 2.22. The summed E-state index contributed by atoms with van der Waals surface area (Å²) in [5, 5.41) is 0.723. The Labute approximate surface area is 120 Å². The first-order chi connectivity index (χ1) is 9.81. The monoisotopic (exact) mass is 279 g/mol. The van der Waals surface area contributed by atoms with Crippen LogP contribution in [0, 0.1) is 0 Å². The molecule has 4 aromatic rings. The van der Waals surface area contributed by atoms with Crippen molar-refractivity contribution in [1.29, 1.82) is 0 Å². The molecule has 0 N–H and O–H groups in total. The minimum Gasteiger partial charge on any atom is -0.284 e. The quantitative estimate of drug-likeness (QED) is 0.523. The van der Waals surface area contributed by atoms with Crippen LogP contribution in [0.2, 0.25) is 5.02 Å². The lowest BCUT2D eigenvalue weighted by Crippen LogP contribution is -1.90. The van der Waals surface area contributed by atoms with Crippen LogP contribution in [-0.4, -0.2) is 14.4 Å². The van der Waals surface area contributed by atoms with Crippen molar-refractivity contribution in [3.63, 3.8) is 0 Å². The molecule has 96 valence electrons. The van der Waals surface area contributed by atoms with Crippen molar-refractivity contribution in [1.82, 2.24) is 14.4 Å². The van der Waals surface area contributed by atoms with Gasteiger partial charge in [0.1, 0.15) is 0 Å². The van der Waals surface area contributed by atoms with E-state index in [0.717, 1.165) is 27.3 Å². The van der Waals surface area contributed by atoms with Crippen molar-refractivity contribution in [2.24, 2.45) is 0 Å². The Hall–Kier alpha value is -2.39. The van der Waals surface area contributed by atoms with Crippen LogP contribution in [0.15, 0.2) is 60.8 Å². The van der Waals surface area contributed by atoms with Crippen molar-refractivity contribution in [3.05, 3.63) is 65.8 Å². The molecule has 0 radical (unpaired) electrons. The second-order valence-corrected chi connectivity index (χ2v) is 5.03. The average Bonchev–Trinajstić information content (AvgIpc) is 2.85. The molecule has 2 aromatic carbocycles. The van der Waals surface area contributed by atoms with E-state index in [1.807, 2.05) is 65.2 Å². The van der Waals surface area contributed by atoms with Crippen LogP contribution in [-0.2, 0) is 0 Å². The van der Waals surface area contributed by atoms with Gasteiger partial charge in [0.25, 0.3) is 0 Å². The third-order valence-electron chi connectivity index (χ3n) is 3.32. The number of aromatic nitrogens is 3. The minimum atomic E-state index is 0.707. The summed E-state index contributed by atoms with van der Waals surface area (Å²) in [6.45, 7) is 0. The molecule has 4 rings (SSSR count). The van der Waals surface area contributed by atoms with E-state index in [0.29, 0.717) is 5.78 Å². The van der Waals surface area contributed by atoms with Crippen LogP contribution in [0.1, 0.15) is 0 Å². The van der Waals surface area contributed by atoms with Gasteiger partial charge in [-0.1, -0.05) is 35.9 Å². The molecule has 0 aliphatic rings. The smallest absolute Gasteiger partial charge is 0.235 e. The van der Waals surface area contributed by atoms with E-state index in [9.17, 15) is 0 Å². The van der Waals surface area contributed by atoms with Crippen molar-refractivity contribution in [3.8, 4) is 11.3 Å². The van der Waals surface area contributed by atoms with Crippen molar-refractivity contribution < 1.29 is 0 Å². The van der Waals surface area contributed by atoms with E-state index in [-0.39, 0.29) is 0 Å². The summed E-state index contributed by atoms with van der Waals surface area (Å²) in [7, 11) is 0. The first kappa shape index (κ1) is 11.4. The molecule has 0 aliphatic heterocycles. The summed E-state index contributed by atoms with van der Waals surface area (Å²) < 4.78 is 1.99. The predicted molar refractivity (Wildman–Crippen MR) is 80.9 cm³/mol. The number of halogens is 1. The molecule has 0 aliphatic carbocycles. The Morgan fingerprint density at radius 3 is 2.50 bits per heavy atom. The Kier molecular flexibility index (Phi) is 2.47. The number of para-hydroxylation sites is 2. The van der Waals surface area contributed by atoms with Gasteiger partial charge in [-0.15, -0.1) is 0 Å². The molecule has 4 heteroatoms. The number of imidazole rings is 1. The van der Waals surface area contributed by atoms with Gasteiger partial charge in [-0.3, -0.25) is 4.40 Å².